The lowest BCUT2D eigenvalue weighted by Gasteiger charge is -2.20. The van der Waals surface area contributed by atoms with Gasteiger partial charge in [-0.15, -0.1) is 0 Å². The first-order valence-electron chi connectivity index (χ1n) is 8.33. The number of nitro benzene ring substituents is 1. The molecule has 8 nitrogen and oxygen atoms in total. The summed E-state index contributed by atoms with van der Waals surface area (Å²) in [7, 11) is 0. The SMILES string of the molecule is CC(=NNC(=O)CNC(=O)C1CCCCC1)c1ccc([N+](=O)[O-])cc1. The van der Waals surface area contributed by atoms with E-state index >= 15 is 0 Å². The lowest BCUT2D eigenvalue weighted by molar-refractivity contribution is -0.384. The van der Waals surface area contributed by atoms with Crippen LogP contribution >= 0.6 is 0 Å². The summed E-state index contributed by atoms with van der Waals surface area (Å²) in [6.45, 7) is 1.56. The van der Waals surface area contributed by atoms with E-state index in [1.165, 1.54) is 18.6 Å². The van der Waals surface area contributed by atoms with Crippen molar-refractivity contribution in [3.8, 4) is 0 Å². The minimum atomic E-state index is -0.479. The third-order valence-electron chi connectivity index (χ3n) is 4.24. The molecule has 25 heavy (non-hydrogen) atoms. The Labute approximate surface area is 145 Å². The van der Waals surface area contributed by atoms with Crippen molar-refractivity contribution < 1.29 is 14.5 Å². The van der Waals surface area contributed by atoms with E-state index in [2.05, 4.69) is 15.8 Å². The second-order valence-corrected chi connectivity index (χ2v) is 6.09. The van der Waals surface area contributed by atoms with Gasteiger partial charge >= 0.3 is 0 Å². The van der Waals surface area contributed by atoms with E-state index in [1.807, 2.05) is 0 Å². The highest BCUT2D eigenvalue weighted by atomic mass is 16.6. The van der Waals surface area contributed by atoms with Crippen molar-refractivity contribution in [2.24, 2.45) is 11.0 Å². The van der Waals surface area contributed by atoms with Gasteiger partial charge in [0.25, 0.3) is 11.6 Å². The molecule has 0 atom stereocenters. The molecule has 0 bridgehead atoms. The number of nitro groups is 1. The van der Waals surface area contributed by atoms with E-state index in [0.717, 1.165) is 25.7 Å². The predicted molar refractivity (Wildman–Crippen MR) is 93.0 cm³/mol. The molecule has 1 aromatic carbocycles. The first kappa shape index (κ1) is 18.6. The molecule has 2 N–H and O–H groups in total. The highest BCUT2D eigenvalue weighted by Crippen LogP contribution is 2.23. The van der Waals surface area contributed by atoms with Crippen LogP contribution in [0.4, 0.5) is 5.69 Å². The van der Waals surface area contributed by atoms with Crippen LogP contribution in [0, 0.1) is 16.0 Å². The summed E-state index contributed by atoms with van der Waals surface area (Å²) in [5, 5.41) is 17.2. The van der Waals surface area contributed by atoms with Gasteiger partial charge in [-0.1, -0.05) is 19.3 Å². The number of carbonyl (C=O) groups excluding carboxylic acids is 2. The molecule has 0 aliphatic heterocycles. The lowest BCUT2D eigenvalue weighted by atomic mass is 9.89. The Morgan fingerprint density at radius 1 is 1.20 bits per heavy atom. The molecule has 2 amide bonds. The van der Waals surface area contributed by atoms with Gasteiger partial charge in [0.1, 0.15) is 0 Å². The van der Waals surface area contributed by atoms with Gasteiger partial charge in [-0.25, -0.2) is 5.43 Å². The van der Waals surface area contributed by atoms with Crippen LogP contribution in [0.25, 0.3) is 0 Å². The Bertz CT molecular complexity index is 664. The van der Waals surface area contributed by atoms with Gasteiger partial charge in [0.15, 0.2) is 0 Å². The average molecular weight is 346 g/mol. The highest BCUT2D eigenvalue weighted by Gasteiger charge is 2.21. The smallest absolute Gasteiger partial charge is 0.269 e. The molecule has 134 valence electrons. The Kier molecular flexibility index (Phi) is 6.62. The second kappa shape index (κ2) is 8.91. The fraction of sp³-hybridized carbons (Fsp3) is 0.471. The second-order valence-electron chi connectivity index (χ2n) is 6.09. The number of hydrogen-bond acceptors (Lipinski definition) is 5. The van der Waals surface area contributed by atoms with E-state index in [-0.39, 0.29) is 24.1 Å². The minimum Gasteiger partial charge on any atom is -0.347 e. The Morgan fingerprint density at radius 2 is 1.84 bits per heavy atom. The minimum absolute atomic E-state index is 0.00639. The maximum atomic E-state index is 12.0. The van der Waals surface area contributed by atoms with Crippen molar-refractivity contribution in [2.75, 3.05) is 6.54 Å². The summed E-state index contributed by atoms with van der Waals surface area (Å²) in [6, 6.07) is 5.88. The quantitative estimate of drug-likeness (QED) is 0.466. The fourth-order valence-electron chi connectivity index (χ4n) is 2.75. The van der Waals surface area contributed by atoms with Crippen LogP contribution in [0.3, 0.4) is 0 Å². The van der Waals surface area contributed by atoms with Crippen LogP contribution in [-0.2, 0) is 9.59 Å². The molecule has 0 saturated heterocycles. The first-order valence-corrected chi connectivity index (χ1v) is 8.33. The van der Waals surface area contributed by atoms with Crippen LogP contribution in [0.2, 0.25) is 0 Å². The molecule has 2 rings (SSSR count). The molecule has 1 fully saturated rings. The monoisotopic (exact) mass is 346 g/mol. The van der Waals surface area contributed by atoms with E-state index in [0.29, 0.717) is 11.3 Å². The third-order valence-corrected chi connectivity index (χ3v) is 4.24. The lowest BCUT2D eigenvalue weighted by Crippen LogP contribution is -2.39. The molecule has 0 unspecified atom stereocenters. The summed E-state index contributed by atoms with van der Waals surface area (Å²) in [5.74, 6) is -0.483. The summed E-state index contributed by atoms with van der Waals surface area (Å²) in [4.78, 5) is 33.9. The summed E-state index contributed by atoms with van der Waals surface area (Å²) < 4.78 is 0. The zero-order valence-electron chi connectivity index (χ0n) is 14.2. The molecule has 1 aliphatic rings. The molecule has 1 saturated carbocycles. The molecular weight excluding hydrogens is 324 g/mol. The number of rotatable bonds is 6. The van der Waals surface area contributed by atoms with E-state index in [4.69, 9.17) is 0 Å². The van der Waals surface area contributed by atoms with Gasteiger partial charge in [-0.2, -0.15) is 5.10 Å². The largest absolute Gasteiger partial charge is 0.347 e. The van der Waals surface area contributed by atoms with Crippen molar-refractivity contribution in [1.82, 2.24) is 10.7 Å². The standard InChI is InChI=1S/C17H22N4O4/c1-12(13-7-9-15(10-8-13)21(24)25)19-20-16(22)11-18-17(23)14-5-3-2-4-6-14/h7-10,14H,2-6,11H2,1H3,(H,18,23)(H,20,22). The van der Waals surface area contributed by atoms with Gasteiger partial charge in [0, 0.05) is 18.1 Å². The van der Waals surface area contributed by atoms with Crippen LogP contribution < -0.4 is 10.7 Å². The summed E-state index contributed by atoms with van der Waals surface area (Å²) >= 11 is 0. The number of benzene rings is 1. The Hall–Kier alpha value is -2.77. The maximum absolute atomic E-state index is 12.0. The Morgan fingerprint density at radius 3 is 2.44 bits per heavy atom. The zero-order chi connectivity index (χ0) is 18.2. The number of nitrogens with one attached hydrogen (secondary N) is 2. The molecule has 8 heteroatoms. The summed E-state index contributed by atoms with van der Waals surface area (Å²) in [5.41, 5.74) is 3.55. The number of non-ortho nitro benzene ring substituents is 1. The van der Waals surface area contributed by atoms with Gasteiger partial charge < -0.3 is 5.32 Å². The molecule has 0 radical (unpaired) electrons. The number of hydrazone groups is 1. The van der Waals surface area contributed by atoms with Gasteiger partial charge in [0.2, 0.25) is 5.91 Å². The zero-order valence-corrected chi connectivity index (χ0v) is 14.2. The van der Waals surface area contributed by atoms with Gasteiger partial charge in [-0.05, 0) is 37.5 Å². The Balaban J connectivity index is 1.80. The van der Waals surface area contributed by atoms with Crippen molar-refractivity contribution in [2.45, 2.75) is 39.0 Å². The van der Waals surface area contributed by atoms with Crippen LogP contribution in [0.5, 0.6) is 0 Å². The number of amides is 2. The van der Waals surface area contributed by atoms with Gasteiger partial charge in [-0.3, -0.25) is 19.7 Å². The molecule has 1 aliphatic carbocycles. The van der Waals surface area contributed by atoms with Crippen LogP contribution in [0.15, 0.2) is 29.4 Å². The van der Waals surface area contributed by atoms with Gasteiger partial charge in [0.05, 0.1) is 17.2 Å². The van der Waals surface area contributed by atoms with Crippen molar-refractivity contribution in [3.05, 3.63) is 39.9 Å². The third kappa shape index (κ3) is 5.66. The van der Waals surface area contributed by atoms with Crippen molar-refractivity contribution in [3.63, 3.8) is 0 Å². The van der Waals surface area contributed by atoms with Crippen molar-refractivity contribution in [1.29, 1.82) is 0 Å². The van der Waals surface area contributed by atoms with E-state index in [1.54, 1.807) is 19.1 Å². The average Bonchev–Trinajstić information content (AvgIpc) is 2.64. The number of nitrogens with zero attached hydrogens (tertiary/aromatic N) is 2. The number of carbonyl (C=O) groups is 2. The maximum Gasteiger partial charge on any atom is 0.269 e. The predicted octanol–water partition coefficient (Wildman–Crippen LogP) is 2.13. The highest BCUT2D eigenvalue weighted by molar-refractivity contribution is 5.99. The van der Waals surface area contributed by atoms with Crippen LogP contribution in [-0.4, -0.2) is 29.0 Å². The number of hydrogen-bond donors (Lipinski definition) is 2. The van der Waals surface area contributed by atoms with E-state index < -0.39 is 10.8 Å². The molecule has 0 spiro atoms. The normalized spacial score (nSPS) is 15.5. The summed E-state index contributed by atoms with van der Waals surface area (Å²) in [6.07, 6.45) is 5.04. The van der Waals surface area contributed by atoms with Crippen LogP contribution in [0.1, 0.15) is 44.6 Å². The van der Waals surface area contributed by atoms with E-state index in [9.17, 15) is 19.7 Å². The molecule has 1 aromatic rings. The first-order chi connectivity index (χ1) is 12.0. The van der Waals surface area contributed by atoms with Crippen molar-refractivity contribution >= 4 is 23.2 Å². The molecule has 0 heterocycles. The topological polar surface area (TPSA) is 114 Å². The fourth-order valence-corrected chi connectivity index (χ4v) is 2.75. The molecule has 0 aromatic heterocycles. The molecular formula is C17H22N4O4.